The van der Waals surface area contributed by atoms with Crippen LogP contribution in [0.25, 0.3) is 0 Å². The lowest BCUT2D eigenvalue weighted by Gasteiger charge is -2.35. The van der Waals surface area contributed by atoms with Crippen LogP contribution < -0.4 is 4.74 Å². The highest BCUT2D eigenvalue weighted by molar-refractivity contribution is 5.33. The fraction of sp³-hybridized carbons (Fsp3) is 0.400. The second-order valence-electron chi connectivity index (χ2n) is 6.43. The first-order valence-electron chi connectivity index (χ1n) is 8.66. The van der Waals surface area contributed by atoms with Crippen LogP contribution >= 0.6 is 0 Å². The number of aliphatic hydroxyl groups excluding tert-OH is 1. The number of methoxy groups -OCH3 is 1. The van der Waals surface area contributed by atoms with E-state index in [-0.39, 0.29) is 5.82 Å². The lowest BCUT2D eigenvalue weighted by atomic mass is 10.1. The Morgan fingerprint density at radius 3 is 2.36 bits per heavy atom. The number of ether oxygens (including phenoxy) is 1. The van der Waals surface area contributed by atoms with Crippen molar-refractivity contribution < 1.29 is 14.2 Å². The lowest BCUT2D eigenvalue weighted by Crippen LogP contribution is -2.47. The molecule has 134 valence electrons. The van der Waals surface area contributed by atoms with Crippen LogP contribution in [0.1, 0.15) is 17.2 Å². The van der Waals surface area contributed by atoms with Gasteiger partial charge in [-0.25, -0.2) is 4.39 Å². The largest absolute Gasteiger partial charge is 0.496 e. The smallest absolute Gasteiger partial charge is 0.129 e. The summed E-state index contributed by atoms with van der Waals surface area (Å²) in [6.45, 7) is 4.88. The number of benzene rings is 2. The molecule has 0 saturated carbocycles. The molecule has 1 fully saturated rings. The van der Waals surface area contributed by atoms with E-state index in [1.54, 1.807) is 25.3 Å². The number of β-amino-alcohol motifs (C(OH)–C–C–N with tert-alkyl or cyclic N) is 1. The van der Waals surface area contributed by atoms with Gasteiger partial charge in [-0.15, -0.1) is 0 Å². The molecular formula is C20H25FN2O2. The van der Waals surface area contributed by atoms with Crippen LogP contribution in [0.2, 0.25) is 0 Å². The molecule has 1 heterocycles. The predicted octanol–water partition coefficient (Wildman–Crippen LogP) is 2.69. The van der Waals surface area contributed by atoms with E-state index in [1.807, 2.05) is 18.2 Å². The summed E-state index contributed by atoms with van der Waals surface area (Å²) in [7, 11) is 1.70. The van der Waals surface area contributed by atoms with Gasteiger partial charge < -0.3 is 9.84 Å². The van der Waals surface area contributed by atoms with Crippen molar-refractivity contribution in [1.29, 1.82) is 0 Å². The van der Waals surface area contributed by atoms with E-state index < -0.39 is 6.10 Å². The first-order chi connectivity index (χ1) is 12.2. The molecule has 1 aliphatic heterocycles. The van der Waals surface area contributed by atoms with Gasteiger partial charge >= 0.3 is 0 Å². The number of hydrogen-bond donors (Lipinski definition) is 1. The molecule has 0 radical (unpaired) electrons. The average molecular weight is 344 g/mol. The zero-order valence-corrected chi connectivity index (χ0v) is 14.6. The van der Waals surface area contributed by atoms with Gasteiger partial charge in [0.05, 0.1) is 13.2 Å². The summed E-state index contributed by atoms with van der Waals surface area (Å²) in [6.07, 6.45) is -0.790. The molecule has 0 amide bonds. The molecule has 1 atom stereocenters. The van der Waals surface area contributed by atoms with E-state index >= 15 is 0 Å². The van der Waals surface area contributed by atoms with E-state index in [2.05, 4.69) is 15.9 Å². The first-order valence-corrected chi connectivity index (χ1v) is 8.66. The number of rotatable bonds is 6. The zero-order valence-electron chi connectivity index (χ0n) is 14.6. The van der Waals surface area contributed by atoms with Crippen molar-refractivity contribution in [3.8, 4) is 5.75 Å². The van der Waals surface area contributed by atoms with Crippen molar-refractivity contribution in [2.24, 2.45) is 0 Å². The fourth-order valence-electron chi connectivity index (χ4n) is 3.29. The van der Waals surface area contributed by atoms with Gasteiger partial charge in [0, 0.05) is 50.4 Å². The quantitative estimate of drug-likeness (QED) is 0.874. The van der Waals surface area contributed by atoms with Crippen LogP contribution in [0.4, 0.5) is 4.39 Å². The molecule has 2 aromatic rings. The summed E-state index contributed by atoms with van der Waals surface area (Å²) < 4.78 is 19.2. The second kappa shape index (κ2) is 8.43. The zero-order chi connectivity index (χ0) is 17.6. The van der Waals surface area contributed by atoms with Crippen LogP contribution in [0.3, 0.4) is 0 Å². The predicted molar refractivity (Wildman–Crippen MR) is 96.1 cm³/mol. The molecule has 0 aliphatic carbocycles. The molecule has 5 heteroatoms. The van der Waals surface area contributed by atoms with Crippen LogP contribution in [0.5, 0.6) is 5.75 Å². The number of halogens is 1. The normalized spacial score (nSPS) is 17.4. The van der Waals surface area contributed by atoms with Crippen molar-refractivity contribution in [2.75, 3.05) is 39.8 Å². The number of para-hydroxylation sites is 1. The van der Waals surface area contributed by atoms with Crippen molar-refractivity contribution in [2.45, 2.75) is 12.6 Å². The highest BCUT2D eigenvalue weighted by atomic mass is 19.1. The molecule has 1 aliphatic rings. The molecule has 0 spiro atoms. The third kappa shape index (κ3) is 4.57. The van der Waals surface area contributed by atoms with Gasteiger partial charge in [-0.2, -0.15) is 0 Å². The third-order valence-electron chi connectivity index (χ3n) is 4.75. The Bertz CT molecular complexity index is 687. The minimum absolute atomic E-state index is 0.343. The Balaban J connectivity index is 1.51. The van der Waals surface area contributed by atoms with Gasteiger partial charge in [-0.05, 0) is 12.1 Å². The molecule has 1 saturated heterocycles. The molecule has 1 N–H and O–H groups in total. The van der Waals surface area contributed by atoms with E-state index in [1.165, 1.54) is 11.6 Å². The van der Waals surface area contributed by atoms with E-state index in [9.17, 15) is 9.50 Å². The molecule has 1 unspecified atom stereocenters. The average Bonchev–Trinajstić information content (AvgIpc) is 2.64. The van der Waals surface area contributed by atoms with E-state index in [0.717, 1.165) is 38.5 Å². The van der Waals surface area contributed by atoms with Gasteiger partial charge in [-0.1, -0.05) is 36.4 Å². The molecule has 0 aromatic heterocycles. The Morgan fingerprint density at radius 2 is 1.64 bits per heavy atom. The SMILES string of the molecule is COc1ccccc1CN1CCN(CC(O)c2ccccc2F)CC1. The summed E-state index contributed by atoms with van der Waals surface area (Å²) in [6, 6.07) is 14.5. The Kier molecular flexibility index (Phi) is 6.02. The molecule has 4 nitrogen and oxygen atoms in total. The first kappa shape index (κ1) is 17.9. The fourth-order valence-corrected chi connectivity index (χ4v) is 3.29. The monoisotopic (exact) mass is 344 g/mol. The van der Waals surface area contributed by atoms with Gasteiger partial charge in [-0.3, -0.25) is 9.80 Å². The standard InChI is InChI=1S/C20H25FN2O2/c1-25-20-9-5-2-6-16(20)14-22-10-12-23(13-11-22)15-19(24)17-7-3-4-8-18(17)21/h2-9,19,24H,10-15H2,1H3. The molecule has 3 rings (SSSR count). The van der Waals surface area contributed by atoms with Gasteiger partial charge in [0.25, 0.3) is 0 Å². The molecule has 25 heavy (non-hydrogen) atoms. The molecule has 0 bridgehead atoms. The summed E-state index contributed by atoms with van der Waals surface area (Å²) >= 11 is 0. The minimum Gasteiger partial charge on any atom is -0.496 e. The highest BCUT2D eigenvalue weighted by Crippen LogP contribution is 2.21. The van der Waals surface area contributed by atoms with Gasteiger partial charge in [0.2, 0.25) is 0 Å². The van der Waals surface area contributed by atoms with Gasteiger partial charge in [0.15, 0.2) is 0 Å². The summed E-state index contributed by atoms with van der Waals surface area (Å²) in [5.74, 6) is 0.574. The maximum absolute atomic E-state index is 13.8. The number of hydrogen-bond acceptors (Lipinski definition) is 4. The topological polar surface area (TPSA) is 35.9 Å². The lowest BCUT2D eigenvalue weighted by molar-refractivity contribution is 0.0683. The van der Waals surface area contributed by atoms with E-state index in [0.29, 0.717) is 12.1 Å². The Labute approximate surface area is 148 Å². The minimum atomic E-state index is -0.790. The van der Waals surface area contributed by atoms with E-state index in [4.69, 9.17) is 4.74 Å². The van der Waals surface area contributed by atoms with Crippen molar-refractivity contribution in [1.82, 2.24) is 9.80 Å². The highest BCUT2D eigenvalue weighted by Gasteiger charge is 2.21. The summed E-state index contributed by atoms with van der Waals surface area (Å²) in [4.78, 5) is 4.57. The second-order valence-corrected chi connectivity index (χ2v) is 6.43. The van der Waals surface area contributed by atoms with Crippen LogP contribution in [-0.2, 0) is 6.54 Å². The van der Waals surface area contributed by atoms with Crippen molar-refractivity contribution >= 4 is 0 Å². The van der Waals surface area contributed by atoms with Crippen LogP contribution in [0.15, 0.2) is 48.5 Å². The number of aliphatic hydroxyl groups is 1. The van der Waals surface area contributed by atoms with Crippen molar-refractivity contribution in [3.05, 3.63) is 65.5 Å². The number of nitrogens with zero attached hydrogens (tertiary/aromatic N) is 2. The Morgan fingerprint density at radius 1 is 1.00 bits per heavy atom. The van der Waals surface area contributed by atoms with Gasteiger partial charge in [0.1, 0.15) is 11.6 Å². The maximum Gasteiger partial charge on any atom is 0.129 e. The third-order valence-corrected chi connectivity index (χ3v) is 4.75. The van der Waals surface area contributed by atoms with Crippen molar-refractivity contribution in [3.63, 3.8) is 0 Å². The van der Waals surface area contributed by atoms with Crippen LogP contribution in [0, 0.1) is 5.82 Å². The van der Waals surface area contributed by atoms with Crippen LogP contribution in [-0.4, -0.2) is 54.7 Å². The molecular weight excluding hydrogens is 319 g/mol. The number of piperazine rings is 1. The Hall–Kier alpha value is -1.95. The summed E-state index contributed by atoms with van der Waals surface area (Å²) in [5.41, 5.74) is 1.56. The maximum atomic E-state index is 13.8. The summed E-state index contributed by atoms with van der Waals surface area (Å²) in [5, 5.41) is 10.3. The molecule has 2 aromatic carbocycles.